The molecule has 2 rings (SSSR count). The zero-order valence-electron chi connectivity index (χ0n) is 13.5. The molecule has 0 aromatic heterocycles. The molecule has 0 spiro atoms. The zero-order chi connectivity index (χ0) is 17.0. The first-order chi connectivity index (χ1) is 10.9. The van der Waals surface area contributed by atoms with Gasteiger partial charge in [0.25, 0.3) is 5.91 Å². The van der Waals surface area contributed by atoms with E-state index in [2.05, 4.69) is 10.6 Å². The Morgan fingerprint density at radius 3 is 2.39 bits per heavy atom. The van der Waals surface area contributed by atoms with E-state index >= 15 is 0 Å². The summed E-state index contributed by atoms with van der Waals surface area (Å²) in [6.45, 7) is 4.34. The second kappa shape index (κ2) is 7.29. The number of nitrogens with one attached hydrogen (secondary N) is 3. The van der Waals surface area contributed by atoms with E-state index in [1.165, 1.54) is 0 Å². The summed E-state index contributed by atoms with van der Waals surface area (Å²) in [5.74, 6) is -0.403. The normalized spacial score (nSPS) is 10.3. The van der Waals surface area contributed by atoms with Crippen molar-refractivity contribution >= 4 is 28.9 Å². The fourth-order valence-corrected chi connectivity index (χ4v) is 2.47. The van der Waals surface area contributed by atoms with Gasteiger partial charge in [-0.3, -0.25) is 10.2 Å². The molecule has 3 N–H and O–H groups in total. The first-order valence-electron chi connectivity index (χ1n) is 7.33. The molecule has 0 saturated heterocycles. The van der Waals surface area contributed by atoms with Crippen LogP contribution in [0.15, 0.2) is 36.4 Å². The topological polar surface area (TPSA) is 65.0 Å². The number of rotatable bonds is 5. The van der Waals surface area contributed by atoms with Crippen LogP contribution in [0.3, 0.4) is 0 Å². The van der Waals surface area contributed by atoms with Crippen molar-refractivity contribution in [3.63, 3.8) is 0 Å². The lowest BCUT2D eigenvalue weighted by molar-refractivity contribution is -0.114. The molecule has 0 heterocycles. The van der Waals surface area contributed by atoms with Crippen molar-refractivity contribution < 1.29 is 4.79 Å². The summed E-state index contributed by atoms with van der Waals surface area (Å²) in [5.41, 5.74) is 4.46. The van der Waals surface area contributed by atoms with E-state index in [1.807, 2.05) is 32.0 Å². The summed E-state index contributed by atoms with van der Waals surface area (Å²) in [4.78, 5) is 12.3. The molecule has 23 heavy (non-hydrogen) atoms. The van der Waals surface area contributed by atoms with E-state index in [9.17, 15) is 4.79 Å². The van der Waals surface area contributed by atoms with Gasteiger partial charge in [-0.15, -0.1) is 0 Å². The Bertz CT molecular complexity index is 739. The number of halogens is 1. The van der Waals surface area contributed by atoms with Gasteiger partial charge in [-0.2, -0.15) is 0 Å². The number of anilines is 1. The van der Waals surface area contributed by atoms with Crippen LogP contribution in [-0.2, 0) is 11.3 Å². The summed E-state index contributed by atoms with van der Waals surface area (Å²) in [6.07, 6.45) is 0. The number of aryl methyl sites for hydroxylation is 1. The Kier molecular flexibility index (Phi) is 5.40. The third-order valence-electron chi connectivity index (χ3n) is 3.85. The fraction of sp³-hybridized carbons (Fsp3) is 0.222. The predicted octanol–water partition coefficient (Wildman–Crippen LogP) is 3.68. The molecule has 0 fully saturated rings. The molecule has 1 amide bonds. The number of carbonyl (C=O) groups excluding carboxylic acids is 1. The first-order valence-corrected chi connectivity index (χ1v) is 7.71. The van der Waals surface area contributed by atoms with Crippen LogP contribution in [0, 0.1) is 19.3 Å². The first kappa shape index (κ1) is 17.0. The van der Waals surface area contributed by atoms with E-state index in [-0.39, 0.29) is 5.71 Å². The van der Waals surface area contributed by atoms with Crippen molar-refractivity contribution in [3.05, 3.63) is 63.7 Å². The number of benzene rings is 2. The van der Waals surface area contributed by atoms with Crippen LogP contribution in [0.25, 0.3) is 0 Å². The van der Waals surface area contributed by atoms with Gasteiger partial charge in [-0.1, -0.05) is 35.9 Å². The van der Waals surface area contributed by atoms with Crippen molar-refractivity contribution in [1.29, 1.82) is 5.41 Å². The van der Waals surface area contributed by atoms with Gasteiger partial charge in [0.2, 0.25) is 0 Å². The molecule has 4 nitrogen and oxygen atoms in total. The van der Waals surface area contributed by atoms with E-state index < -0.39 is 5.91 Å². The molecule has 0 unspecified atom stereocenters. The SMILES string of the molecule is CNc1c(C(=N)C(=O)NCc2ccc(Cl)cc2)ccc(C)c1C. The van der Waals surface area contributed by atoms with Gasteiger partial charge in [0, 0.05) is 29.9 Å². The number of carbonyl (C=O) groups is 1. The van der Waals surface area contributed by atoms with Crippen molar-refractivity contribution in [2.24, 2.45) is 0 Å². The van der Waals surface area contributed by atoms with Crippen LogP contribution in [0.2, 0.25) is 5.02 Å². The molecular weight excluding hydrogens is 310 g/mol. The van der Waals surface area contributed by atoms with Crippen molar-refractivity contribution in [1.82, 2.24) is 5.32 Å². The molecule has 120 valence electrons. The number of hydrogen-bond acceptors (Lipinski definition) is 3. The molecule has 0 aliphatic carbocycles. The average molecular weight is 330 g/mol. The second-order valence-corrected chi connectivity index (χ2v) is 5.80. The van der Waals surface area contributed by atoms with Gasteiger partial charge in [-0.25, -0.2) is 0 Å². The highest BCUT2D eigenvalue weighted by atomic mass is 35.5. The van der Waals surface area contributed by atoms with Gasteiger partial charge in [0.15, 0.2) is 0 Å². The minimum atomic E-state index is -0.403. The average Bonchev–Trinajstić information content (AvgIpc) is 2.55. The van der Waals surface area contributed by atoms with Crippen LogP contribution < -0.4 is 10.6 Å². The summed E-state index contributed by atoms with van der Waals surface area (Å²) in [7, 11) is 1.80. The van der Waals surface area contributed by atoms with Crippen LogP contribution in [-0.4, -0.2) is 18.7 Å². The molecule has 2 aromatic rings. The third-order valence-corrected chi connectivity index (χ3v) is 4.10. The molecule has 0 aliphatic rings. The summed E-state index contributed by atoms with van der Waals surface area (Å²) >= 11 is 5.84. The van der Waals surface area contributed by atoms with E-state index in [0.29, 0.717) is 17.1 Å². The quantitative estimate of drug-likeness (QED) is 0.733. The molecule has 0 atom stereocenters. The standard InChI is InChI=1S/C18H20ClN3O/c1-11-4-9-15(17(21-3)12(11)2)16(20)18(23)22-10-13-5-7-14(19)8-6-13/h4-9,20-21H,10H2,1-3H3,(H,22,23). The number of hydrogen-bond donors (Lipinski definition) is 3. The van der Waals surface area contributed by atoms with Crippen molar-refractivity contribution in [3.8, 4) is 0 Å². The predicted molar refractivity (Wildman–Crippen MR) is 95.6 cm³/mol. The fourth-order valence-electron chi connectivity index (χ4n) is 2.34. The smallest absolute Gasteiger partial charge is 0.270 e. The molecule has 2 aromatic carbocycles. The van der Waals surface area contributed by atoms with E-state index in [4.69, 9.17) is 17.0 Å². The molecular formula is C18H20ClN3O. The zero-order valence-corrected chi connectivity index (χ0v) is 14.2. The Morgan fingerprint density at radius 2 is 1.78 bits per heavy atom. The minimum absolute atomic E-state index is 0.0496. The van der Waals surface area contributed by atoms with Crippen LogP contribution >= 0.6 is 11.6 Å². The lowest BCUT2D eigenvalue weighted by Gasteiger charge is -2.15. The van der Waals surface area contributed by atoms with Crippen LogP contribution in [0.1, 0.15) is 22.3 Å². The highest BCUT2D eigenvalue weighted by Gasteiger charge is 2.17. The van der Waals surface area contributed by atoms with E-state index in [0.717, 1.165) is 22.4 Å². The lowest BCUT2D eigenvalue weighted by Crippen LogP contribution is -2.31. The summed E-state index contributed by atoms with van der Waals surface area (Å²) in [5, 5.41) is 14.7. The van der Waals surface area contributed by atoms with Gasteiger partial charge in [0.05, 0.1) is 0 Å². The minimum Gasteiger partial charge on any atom is -0.387 e. The Morgan fingerprint density at radius 1 is 1.13 bits per heavy atom. The third kappa shape index (κ3) is 3.90. The highest BCUT2D eigenvalue weighted by Crippen LogP contribution is 2.23. The summed E-state index contributed by atoms with van der Waals surface area (Å²) < 4.78 is 0. The lowest BCUT2D eigenvalue weighted by atomic mass is 9.99. The maximum atomic E-state index is 12.3. The second-order valence-electron chi connectivity index (χ2n) is 5.36. The molecule has 5 heteroatoms. The van der Waals surface area contributed by atoms with Crippen molar-refractivity contribution in [2.45, 2.75) is 20.4 Å². The summed E-state index contributed by atoms with van der Waals surface area (Å²) in [6, 6.07) is 11.0. The monoisotopic (exact) mass is 329 g/mol. The van der Waals surface area contributed by atoms with Gasteiger partial charge < -0.3 is 10.6 Å². The molecule has 0 saturated carbocycles. The van der Waals surface area contributed by atoms with Crippen molar-refractivity contribution in [2.75, 3.05) is 12.4 Å². The largest absolute Gasteiger partial charge is 0.387 e. The highest BCUT2D eigenvalue weighted by molar-refractivity contribution is 6.45. The molecule has 0 aliphatic heterocycles. The van der Waals surface area contributed by atoms with Crippen LogP contribution in [0.4, 0.5) is 5.69 Å². The Balaban J connectivity index is 2.12. The maximum absolute atomic E-state index is 12.3. The van der Waals surface area contributed by atoms with E-state index in [1.54, 1.807) is 25.2 Å². The Labute approximate surface area is 141 Å². The van der Waals surface area contributed by atoms with Gasteiger partial charge >= 0.3 is 0 Å². The molecule has 0 bridgehead atoms. The number of amides is 1. The van der Waals surface area contributed by atoms with Crippen LogP contribution in [0.5, 0.6) is 0 Å². The Hall–Kier alpha value is -2.33. The maximum Gasteiger partial charge on any atom is 0.270 e. The van der Waals surface area contributed by atoms with Gasteiger partial charge in [0.1, 0.15) is 5.71 Å². The molecule has 0 radical (unpaired) electrons. The van der Waals surface area contributed by atoms with Gasteiger partial charge in [-0.05, 0) is 42.7 Å².